The fourth-order valence-electron chi connectivity index (χ4n) is 1.99. The van der Waals surface area contributed by atoms with Crippen molar-refractivity contribution in [1.29, 1.82) is 0 Å². The number of aliphatic hydroxyl groups is 1. The van der Waals surface area contributed by atoms with E-state index in [1.807, 2.05) is 31.2 Å². The summed E-state index contributed by atoms with van der Waals surface area (Å²) in [6.45, 7) is 7.89. The number of rotatable bonds is 5. The van der Waals surface area contributed by atoms with Gasteiger partial charge in [0.25, 0.3) is 0 Å². The molecule has 0 saturated carbocycles. The predicted octanol–water partition coefficient (Wildman–Crippen LogP) is 2.37. The van der Waals surface area contributed by atoms with Crippen LogP contribution in [-0.2, 0) is 0 Å². The van der Waals surface area contributed by atoms with Crippen LogP contribution in [0.1, 0.15) is 37.9 Å². The highest BCUT2D eigenvalue weighted by Gasteiger charge is 2.20. The minimum atomic E-state index is -0.247. The number of carbonyl (C=O) groups is 1. The molecule has 1 rings (SSSR count). The number of nitrogens with one attached hydrogen (secondary N) is 2. The topological polar surface area (TPSA) is 61.4 Å². The summed E-state index contributed by atoms with van der Waals surface area (Å²) in [7, 11) is 0. The molecule has 0 heterocycles. The molecule has 0 saturated heterocycles. The number of aryl methyl sites for hydroxylation is 1. The monoisotopic (exact) mass is 264 g/mol. The van der Waals surface area contributed by atoms with E-state index in [0.717, 1.165) is 11.1 Å². The lowest BCUT2D eigenvalue weighted by Crippen LogP contribution is -2.44. The zero-order valence-corrected chi connectivity index (χ0v) is 12.1. The van der Waals surface area contributed by atoms with E-state index < -0.39 is 0 Å². The van der Waals surface area contributed by atoms with E-state index in [2.05, 4.69) is 24.5 Å². The summed E-state index contributed by atoms with van der Waals surface area (Å²) in [6, 6.07) is 7.52. The lowest BCUT2D eigenvalue weighted by molar-refractivity contribution is 0.214. The molecule has 2 amide bonds. The lowest BCUT2D eigenvalue weighted by atomic mass is 9.93. The van der Waals surface area contributed by atoms with Crippen LogP contribution >= 0.6 is 0 Å². The molecule has 4 heteroatoms. The second-order valence-electron chi connectivity index (χ2n) is 5.28. The van der Waals surface area contributed by atoms with Gasteiger partial charge in [-0.3, -0.25) is 0 Å². The third-order valence-corrected chi connectivity index (χ3v) is 3.13. The standard InChI is InChI=1S/C15H24N2O2/c1-10(2)14(13-8-6-5-7-11(13)3)17-15(19)16-12(4)9-18/h5-8,10,12,14,18H,9H2,1-4H3,(H2,16,17,19). The van der Waals surface area contributed by atoms with Crippen molar-refractivity contribution in [3.63, 3.8) is 0 Å². The molecular weight excluding hydrogens is 240 g/mol. The summed E-state index contributed by atoms with van der Waals surface area (Å²) in [5.41, 5.74) is 2.29. The third-order valence-electron chi connectivity index (χ3n) is 3.13. The highest BCUT2D eigenvalue weighted by atomic mass is 16.3. The molecule has 19 heavy (non-hydrogen) atoms. The molecule has 3 N–H and O–H groups in total. The zero-order chi connectivity index (χ0) is 14.4. The van der Waals surface area contributed by atoms with E-state index in [4.69, 9.17) is 5.11 Å². The Morgan fingerprint density at radius 2 is 1.84 bits per heavy atom. The summed E-state index contributed by atoms with van der Waals surface area (Å²) in [5, 5.41) is 14.6. The highest BCUT2D eigenvalue weighted by Crippen LogP contribution is 2.24. The average molecular weight is 264 g/mol. The number of aliphatic hydroxyl groups excluding tert-OH is 1. The Labute approximate surface area is 115 Å². The summed E-state index contributed by atoms with van der Waals surface area (Å²) in [4.78, 5) is 11.9. The van der Waals surface area contributed by atoms with Crippen molar-refractivity contribution in [2.24, 2.45) is 5.92 Å². The van der Waals surface area contributed by atoms with Gasteiger partial charge >= 0.3 is 6.03 Å². The number of amides is 2. The van der Waals surface area contributed by atoms with E-state index in [0.29, 0.717) is 0 Å². The fraction of sp³-hybridized carbons (Fsp3) is 0.533. The Kier molecular flexibility index (Phi) is 5.83. The van der Waals surface area contributed by atoms with Crippen molar-refractivity contribution < 1.29 is 9.90 Å². The first-order valence-electron chi connectivity index (χ1n) is 6.69. The number of carbonyl (C=O) groups excluding carboxylic acids is 1. The van der Waals surface area contributed by atoms with Crippen LogP contribution in [0.4, 0.5) is 4.79 Å². The van der Waals surface area contributed by atoms with Crippen molar-refractivity contribution >= 4 is 6.03 Å². The molecule has 0 aromatic heterocycles. The SMILES string of the molecule is Cc1ccccc1C(NC(=O)NC(C)CO)C(C)C. The van der Waals surface area contributed by atoms with Gasteiger partial charge in [0.1, 0.15) is 0 Å². The first-order chi connectivity index (χ1) is 8.95. The first kappa shape index (κ1) is 15.5. The van der Waals surface area contributed by atoms with Crippen LogP contribution < -0.4 is 10.6 Å². The Morgan fingerprint density at radius 3 is 2.37 bits per heavy atom. The first-order valence-corrected chi connectivity index (χ1v) is 6.69. The van der Waals surface area contributed by atoms with Crippen LogP contribution in [-0.4, -0.2) is 23.8 Å². The van der Waals surface area contributed by atoms with Crippen molar-refractivity contribution in [3.05, 3.63) is 35.4 Å². The van der Waals surface area contributed by atoms with Gasteiger partial charge in [0.05, 0.1) is 18.7 Å². The van der Waals surface area contributed by atoms with E-state index in [1.54, 1.807) is 6.92 Å². The molecule has 0 aliphatic carbocycles. The van der Waals surface area contributed by atoms with Crippen LogP contribution in [0, 0.1) is 12.8 Å². The Hall–Kier alpha value is -1.55. The van der Waals surface area contributed by atoms with Gasteiger partial charge in [-0.05, 0) is 30.9 Å². The molecule has 2 atom stereocenters. The molecule has 106 valence electrons. The molecular formula is C15H24N2O2. The highest BCUT2D eigenvalue weighted by molar-refractivity contribution is 5.74. The normalized spacial score (nSPS) is 14.0. The second-order valence-corrected chi connectivity index (χ2v) is 5.28. The molecule has 0 fully saturated rings. The quantitative estimate of drug-likeness (QED) is 0.764. The smallest absolute Gasteiger partial charge is 0.315 e. The van der Waals surface area contributed by atoms with E-state index in [9.17, 15) is 4.79 Å². The average Bonchev–Trinajstić information content (AvgIpc) is 2.36. The van der Waals surface area contributed by atoms with Crippen molar-refractivity contribution in [1.82, 2.24) is 10.6 Å². The Balaban J connectivity index is 2.80. The lowest BCUT2D eigenvalue weighted by Gasteiger charge is -2.25. The largest absolute Gasteiger partial charge is 0.394 e. The molecule has 0 spiro atoms. The predicted molar refractivity (Wildman–Crippen MR) is 77.0 cm³/mol. The maximum absolute atomic E-state index is 11.9. The van der Waals surface area contributed by atoms with E-state index in [1.165, 1.54) is 0 Å². The summed E-state index contributed by atoms with van der Waals surface area (Å²) < 4.78 is 0. The van der Waals surface area contributed by atoms with Gasteiger partial charge in [-0.1, -0.05) is 38.1 Å². The van der Waals surface area contributed by atoms with Crippen molar-refractivity contribution in [2.45, 2.75) is 39.8 Å². The number of benzene rings is 1. The number of urea groups is 1. The van der Waals surface area contributed by atoms with Crippen LogP contribution in [0.25, 0.3) is 0 Å². The Bertz CT molecular complexity index is 418. The molecule has 0 aliphatic rings. The van der Waals surface area contributed by atoms with Gasteiger partial charge in [0, 0.05) is 0 Å². The minimum absolute atomic E-state index is 0.0351. The van der Waals surface area contributed by atoms with Gasteiger partial charge in [-0.25, -0.2) is 4.79 Å². The summed E-state index contributed by atoms with van der Waals surface area (Å²) in [6.07, 6.45) is 0. The number of hydrogen-bond acceptors (Lipinski definition) is 2. The minimum Gasteiger partial charge on any atom is -0.394 e. The molecule has 0 radical (unpaired) electrons. The van der Waals surface area contributed by atoms with Gasteiger partial charge in [0.2, 0.25) is 0 Å². The summed E-state index contributed by atoms with van der Waals surface area (Å²) >= 11 is 0. The molecule has 4 nitrogen and oxygen atoms in total. The zero-order valence-electron chi connectivity index (χ0n) is 12.1. The van der Waals surface area contributed by atoms with Gasteiger partial charge in [0.15, 0.2) is 0 Å². The molecule has 2 unspecified atom stereocenters. The van der Waals surface area contributed by atoms with Crippen LogP contribution in [0.5, 0.6) is 0 Å². The van der Waals surface area contributed by atoms with E-state index in [-0.39, 0.29) is 30.6 Å². The maximum Gasteiger partial charge on any atom is 0.315 e. The Morgan fingerprint density at radius 1 is 1.21 bits per heavy atom. The second kappa shape index (κ2) is 7.14. The van der Waals surface area contributed by atoms with E-state index >= 15 is 0 Å². The number of hydrogen-bond donors (Lipinski definition) is 3. The van der Waals surface area contributed by atoms with Crippen LogP contribution in [0.3, 0.4) is 0 Å². The molecule has 0 bridgehead atoms. The van der Waals surface area contributed by atoms with Gasteiger partial charge in [-0.2, -0.15) is 0 Å². The van der Waals surface area contributed by atoms with Gasteiger partial charge in [-0.15, -0.1) is 0 Å². The van der Waals surface area contributed by atoms with Crippen LogP contribution in [0.15, 0.2) is 24.3 Å². The molecule has 0 aliphatic heterocycles. The van der Waals surface area contributed by atoms with Gasteiger partial charge < -0.3 is 15.7 Å². The van der Waals surface area contributed by atoms with Crippen LogP contribution in [0.2, 0.25) is 0 Å². The third kappa shape index (κ3) is 4.56. The molecule has 1 aromatic rings. The molecule has 1 aromatic carbocycles. The maximum atomic E-state index is 11.9. The van der Waals surface area contributed by atoms with Crippen molar-refractivity contribution in [2.75, 3.05) is 6.61 Å². The summed E-state index contributed by atoms with van der Waals surface area (Å²) in [5.74, 6) is 0.288. The van der Waals surface area contributed by atoms with Crippen molar-refractivity contribution in [3.8, 4) is 0 Å². The fourth-order valence-corrected chi connectivity index (χ4v) is 1.99.